The van der Waals surface area contributed by atoms with E-state index in [9.17, 15) is 4.79 Å². The Balaban J connectivity index is 2.17. The van der Waals surface area contributed by atoms with E-state index in [4.69, 9.17) is 12.2 Å². The molecule has 0 aliphatic carbocycles. The van der Waals surface area contributed by atoms with E-state index in [0.717, 1.165) is 14.7 Å². The van der Waals surface area contributed by atoms with Gasteiger partial charge < -0.3 is 4.98 Å². The maximum atomic E-state index is 12.3. The van der Waals surface area contributed by atoms with Crippen LogP contribution in [0, 0.1) is 11.7 Å². The van der Waals surface area contributed by atoms with E-state index in [1.807, 2.05) is 18.4 Å². The van der Waals surface area contributed by atoms with Gasteiger partial charge in [0.05, 0.1) is 16.9 Å². The first kappa shape index (κ1) is 11.8. The van der Waals surface area contributed by atoms with Crippen molar-refractivity contribution < 1.29 is 0 Å². The second kappa shape index (κ2) is 4.42. The molecule has 3 aromatic heterocycles. The summed E-state index contributed by atoms with van der Waals surface area (Å²) >= 11 is 8.31. The van der Waals surface area contributed by atoms with Crippen molar-refractivity contribution in [2.45, 2.75) is 13.5 Å². The Labute approximate surface area is 116 Å². The zero-order valence-corrected chi connectivity index (χ0v) is 11.9. The Morgan fingerprint density at radius 3 is 3.11 bits per heavy atom. The molecule has 0 aromatic carbocycles. The standard InChI is InChI=1S/C11H9N3OS3/c1-6-12-4-7(18-6)5-14-10(15)8-2-3-17-9(8)13-11(14)16/h2-4H,5H2,1H3,(H,13,16). The number of aromatic nitrogens is 3. The third-order valence-corrected chi connectivity index (χ3v) is 4.64. The highest BCUT2D eigenvalue weighted by Crippen LogP contribution is 2.16. The van der Waals surface area contributed by atoms with Crippen molar-refractivity contribution in [1.82, 2.24) is 14.5 Å². The molecule has 4 nitrogen and oxygen atoms in total. The normalized spacial score (nSPS) is 11.2. The molecule has 3 rings (SSSR count). The number of aryl methyl sites for hydroxylation is 1. The summed E-state index contributed by atoms with van der Waals surface area (Å²) in [6.45, 7) is 2.42. The highest BCUT2D eigenvalue weighted by Gasteiger charge is 2.08. The number of H-pyrrole nitrogens is 1. The molecule has 0 fully saturated rings. The van der Waals surface area contributed by atoms with Gasteiger partial charge in [0, 0.05) is 11.1 Å². The van der Waals surface area contributed by atoms with Crippen LogP contribution in [0.5, 0.6) is 0 Å². The van der Waals surface area contributed by atoms with Crippen LogP contribution in [-0.4, -0.2) is 14.5 Å². The van der Waals surface area contributed by atoms with Crippen LogP contribution in [0.1, 0.15) is 9.88 Å². The average Bonchev–Trinajstić information content (AvgIpc) is 2.93. The number of aromatic amines is 1. The molecule has 0 unspecified atom stereocenters. The lowest BCUT2D eigenvalue weighted by molar-refractivity contribution is 0.743. The molecule has 1 N–H and O–H groups in total. The van der Waals surface area contributed by atoms with Crippen molar-refractivity contribution in [3.63, 3.8) is 0 Å². The van der Waals surface area contributed by atoms with Gasteiger partial charge in [0.25, 0.3) is 5.56 Å². The molecule has 0 spiro atoms. The van der Waals surface area contributed by atoms with Gasteiger partial charge in [0.1, 0.15) is 4.83 Å². The molecule has 7 heteroatoms. The minimum atomic E-state index is -0.0407. The number of nitrogens with one attached hydrogen (secondary N) is 1. The fourth-order valence-electron chi connectivity index (χ4n) is 1.75. The highest BCUT2D eigenvalue weighted by atomic mass is 32.1. The monoisotopic (exact) mass is 295 g/mol. The number of rotatable bonds is 2. The lowest BCUT2D eigenvalue weighted by atomic mass is 10.4. The summed E-state index contributed by atoms with van der Waals surface area (Å²) in [5, 5.41) is 3.57. The molecule has 0 aliphatic rings. The van der Waals surface area contributed by atoms with Gasteiger partial charge in [-0.2, -0.15) is 0 Å². The van der Waals surface area contributed by atoms with Crippen LogP contribution in [-0.2, 0) is 6.54 Å². The first-order chi connectivity index (χ1) is 8.65. The number of nitrogens with zero attached hydrogens (tertiary/aromatic N) is 2. The van der Waals surface area contributed by atoms with E-state index in [1.165, 1.54) is 11.3 Å². The van der Waals surface area contributed by atoms with Crippen molar-refractivity contribution in [2.24, 2.45) is 0 Å². The van der Waals surface area contributed by atoms with Gasteiger partial charge in [-0.25, -0.2) is 4.98 Å². The fraction of sp³-hybridized carbons (Fsp3) is 0.182. The molecule has 0 amide bonds. The Bertz CT molecular complexity index is 824. The number of hydrogen-bond acceptors (Lipinski definition) is 5. The number of thiazole rings is 1. The maximum absolute atomic E-state index is 12.3. The van der Waals surface area contributed by atoms with Crippen LogP contribution in [0.15, 0.2) is 22.4 Å². The summed E-state index contributed by atoms with van der Waals surface area (Å²) in [7, 11) is 0. The SMILES string of the molecule is Cc1ncc(Cn2c(=S)[nH]c3sccc3c2=O)s1. The molecule has 0 aliphatic heterocycles. The number of fused-ring (bicyclic) bond motifs is 1. The molecule has 0 radical (unpaired) electrons. The van der Waals surface area contributed by atoms with Crippen molar-refractivity contribution in [1.29, 1.82) is 0 Å². The quantitative estimate of drug-likeness (QED) is 0.740. The van der Waals surface area contributed by atoms with Gasteiger partial charge in [0.15, 0.2) is 4.77 Å². The molecule has 3 heterocycles. The summed E-state index contributed by atoms with van der Waals surface area (Å²) in [5.74, 6) is 0. The molecule has 18 heavy (non-hydrogen) atoms. The summed E-state index contributed by atoms with van der Waals surface area (Å²) in [6.07, 6.45) is 1.79. The van der Waals surface area contributed by atoms with Crippen LogP contribution < -0.4 is 5.56 Å². The first-order valence-electron chi connectivity index (χ1n) is 5.27. The Morgan fingerprint density at radius 2 is 2.39 bits per heavy atom. The topological polar surface area (TPSA) is 50.7 Å². The van der Waals surface area contributed by atoms with Crippen molar-refractivity contribution >= 4 is 45.1 Å². The second-order valence-corrected chi connectivity index (χ2v) is 6.45. The van der Waals surface area contributed by atoms with Gasteiger partial charge in [-0.1, -0.05) is 0 Å². The highest BCUT2D eigenvalue weighted by molar-refractivity contribution is 7.71. The largest absolute Gasteiger partial charge is 0.323 e. The van der Waals surface area contributed by atoms with Crippen LogP contribution in [0.3, 0.4) is 0 Å². The molecule has 0 saturated heterocycles. The van der Waals surface area contributed by atoms with Gasteiger partial charge in [-0.15, -0.1) is 22.7 Å². The predicted octanol–water partition coefficient (Wildman–Crippen LogP) is 2.93. The third kappa shape index (κ3) is 1.94. The number of thiophene rings is 1. The van der Waals surface area contributed by atoms with Crippen LogP contribution in [0.4, 0.5) is 0 Å². The molecule has 0 saturated carbocycles. The van der Waals surface area contributed by atoms with Crippen molar-refractivity contribution in [3.05, 3.63) is 42.7 Å². The Hall–Kier alpha value is -1.31. The zero-order valence-electron chi connectivity index (χ0n) is 9.47. The molecular formula is C11H9N3OS3. The fourth-order valence-corrected chi connectivity index (χ4v) is 3.63. The Morgan fingerprint density at radius 1 is 1.56 bits per heavy atom. The van der Waals surface area contributed by atoms with E-state index >= 15 is 0 Å². The summed E-state index contributed by atoms with van der Waals surface area (Å²) in [4.78, 5) is 21.4. The van der Waals surface area contributed by atoms with Crippen LogP contribution >= 0.6 is 34.9 Å². The van der Waals surface area contributed by atoms with Crippen LogP contribution in [0.25, 0.3) is 10.2 Å². The van der Waals surface area contributed by atoms with E-state index in [-0.39, 0.29) is 5.56 Å². The minimum absolute atomic E-state index is 0.0407. The number of hydrogen-bond donors (Lipinski definition) is 1. The van der Waals surface area contributed by atoms with Gasteiger partial charge >= 0.3 is 0 Å². The summed E-state index contributed by atoms with van der Waals surface area (Å²) in [5.41, 5.74) is -0.0407. The van der Waals surface area contributed by atoms with E-state index in [2.05, 4.69) is 9.97 Å². The Kier molecular flexibility index (Phi) is 2.89. The molecular weight excluding hydrogens is 286 g/mol. The van der Waals surface area contributed by atoms with Gasteiger partial charge in [-0.05, 0) is 30.6 Å². The third-order valence-electron chi connectivity index (χ3n) is 2.59. The van der Waals surface area contributed by atoms with Crippen molar-refractivity contribution in [2.75, 3.05) is 0 Å². The minimum Gasteiger partial charge on any atom is -0.323 e. The molecule has 92 valence electrons. The van der Waals surface area contributed by atoms with E-state index in [0.29, 0.717) is 16.7 Å². The lowest BCUT2D eigenvalue weighted by Crippen LogP contribution is -2.21. The molecule has 0 atom stereocenters. The maximum Gasteiger partial charge on any atom is 0.263 e. The molecule has 0 bridgehead atoms. The smallest absolute Gasteiger partial charge is 0.263 e. The first-order valence-corrected chi connectivity index (χ1v) is 7.37. The van der Waals surface area contributed by atoms with Crippen molar-refractivity contribution in [3.8, 4) is 0 Å². The van der Waals surface area contributed by atoms with Crippen LogP contribution in [0.2, 0.25) is 0 Å². The van der Waals surface area contributed by atoms with E-state index < -0.39 is 0 Å². The zero-order chi connectivity index (χ0) is 12.7. The lowest BCUT2D eigenvalue weighted by Gasteiger charge is -2.03. The van der Waals surface area contributed by atoms with Gasteiger partial charge in [0.2, 0.25) is 0 Å². The van der Waals surface area contributed by atoms with Gasteiger partial charge in [-0.3, -0.25) is 9.36 Å². The van der Waals surface area contributed by atoms with E-state index in [1.54, 1.807) is 22.1 Å². The summed E-state index contributed by atoms with van der Waals surface area (Å²) < 4.78 is 2.04. The second-order valence-electron chi connectivity index (χ2n) is 3.83. The predicted molar refractivity (Wildman–Crippen MR) is 77.2 cm³/mol. The molecule has 3 aromatic rings. The summed E-state index contributed by atoms with van der Waals surface area (Å²) in [6, 6.07) is 1.82. The average molecular weight is 295 g/mol.